The molecule has 1 aliphatic heterocycles. The SMILES string of the molecule is O=C(CNC(O)CN1C(=O)c2ccccc2C1=O)Nc1ccnc(-c2cc(-c3ccon3)n(Cc3ccccc3F)n2)n1. The van der Waals surface area contributed by atoms with Crippen molar-refractivity contribution in [1.82, 2.24) is 35.1 Å². The third-order valence-electron chi connectivity index (χ3n) is 6.64. The molecule has 1 atom stereocenters. The van der Waals surface area contributed by atoms with Gasteiger partial charge in [0.1, 0.15) is 35.5 Å². The van der Waals surface area contributed by atoms with Crippen molar-refractivity contribution in [2.75, 3.05) is 18.4 Å². The van der Waals surface area contributed by atoms with E-state index in [0.29, 0.717) is 22.6 Å². The van der Waals surface area contributed by atoms with Crippen LogP contribution in [0, 0.1) is 5.82 Å². The van der Waals surface area contributed by atoms with Crippen LogP contribution in [0.2, 0.25) is 0 Å². The van der Waals surface area contributed by atoms with E-state index in [1.54, 1.807) is 59.3 Å². The third-order valence-corrected chi connectivity index (χ3v) is 6.64. The molecule has 1 aliphatic rings. The highest BCUT2D eigenvalue weighted by atomic mass is 19.1. The number of hydrogen-bond acceptors (Lipinski definition) is 10. The molecule has 0 aliphatic carbocycles. The number of anilines is 1. The zero-order valence-electron chi connectivity index (χ0n) is 22.3. The monoisotopic (exact) mass is 582 g/mol. The fraction of sp³-hybridized carbons (Fsp3) is 0.138. The molecule has 3 amide bonds. The fourth-order valence-electron chi connectivity index (χ4n) is 4.58. The van der Waals surface area contributed by atoms with Gasteiger partial charge in [0.15, 0.2) is 5.82 Å². The molecule has 14 heteroatoms. The molecule has 4 heterocycles. The maximum atomic E-state index is 14.4. The van der Waals surface area contributed by atoms with Gasteiger partial charge in [0.2, 0.25) is 5.91 Å². The summed E-state index contributed by atoms with van der Waals surface area (Å²) >= 11 is 0. The quantitative estimate of drug-likeness (QED) is 0.164. The van der Waals surface area contributed by atoms with E-state index < -0.39 is 23.9 Å². The minimum atomic E-state index is -1.35. The van der Waals surface area contributed by atoms with Gasteiger partial charge in [0, 0.05) is 17.8 Å². The Balaban J connectivity index is 1.11. The molecule has 0 saturated heterocycles. The van der Waals surface area contributed by atoms with Crippen molar-refractivity contribution in [1.29, 1.82) is 0 Å². The van der Waals surface area contributed by atoms with E-state index in [2.05, 4.69) is 30.9 Å². The topological polar surface area (TPSA) is 168 Å². The number of carbonyl (C=O) groups excluding carboxylic acids is 3. The zero-order chi connectivity index (χ0) is 29.9. The number of nitrogens with zero attached hydrogens (tertiary/aromatic N) is 6. The largest absolute Gasteiger partial charge is 0.377 e. The van der Waals surface area contributed by atoms with Crippen LogP contribution in [-0.2, 0) is 11.3 Å². The van der Waals surface area contributed by atoms with Crippen LogP contribution in [0.5, 0.6) is 0 Å². The van der Waals surface area contributed by atoms with Gasteiger partial charge in [-0.3, -0.25) is 29.3 Å². The van der Waals surface area contributed by atoms with Crippen molar-refractivity contribution >= 4 is 23.5 Å². The van der Waals surface area contributed by atoms with Crippen molar-refractivity contribution in [2.45, 2.75) is 12.8 Å². The van der Waals surface area contributed by atoms with Crippen LogP contribution < -0.4 is 10.6 Å². The van der Waals surface area contributed by atoms with Gasteiger partial charge in [-0.1, -0.05) is 35.5 Å². The maximum absolute atomic E-state index is 14.4. The second-order valence-corrected chi connectivity index (χ2v) is 9.53. The molecule has 0 radical (unpaired) electrons. The van der Waals surface area contributed by atoms with Crippen LogP contribution in [0.25, 0.3) is 22.9 Å². The lowest BCUT2D eigenvalue weighted by molar-refractivity contribution is -0.116. The number of rotatable bonds is 10. The number of fused-ring (bicyclic) bond motifs is 1. The Morgan fingerprint density at radius 2 is 1.74 bits per heavy atom. The second kappa shape index (κ2) is 11.7. The lowest BCUT2D eigenvalue weighted by atomic mass is 10.1. The Morgan fingerprint density at radius 3 is 2.47 bits per heavy atom. The van der Waals surface area contributed by atoms with Crippen molar-refractivity contribution < 1.29 is 28.4 Å². The predicted molar refractivity (Wildman–Crippen MR) is 149 cm³/mol. The average Bonchev–Trinajstić information content (AvgIpc) is 3.74. The minimum Gasteiger partial charge on any atom is -0.377 e. The lowest BCUT2D eigenvalue weighted by Crippen LogP contribution is -2.45. The first kappa shape index (κ1) is 27.6. The Morgan fingerprint density at radius 1 is 1.00 bits per heavy atom. The van der Waals surface area contributed by atoms with E-state index in [-0.39, 0.29) is 48.2 Å². The summed E-state index contributed by atoms with van der Waals surface area (Å²) < 4.78 is 20.9. The fourth-order valence-corrected chi connectivity index (χ4v) is 4.58. The number of aromatic nitrogens is 5. The zero-order valence-corrected chi connectivity index (χ0v) is 22.3. The number of aliphatic hydroxyl groups is 1. The summed E-state index contributed by atoms with van der Waals surface area (Å²) in [5.74, 6) is -1.59. The summed E-state index contributed by atoms with van der Waals surface area (Å²) in [6, 6.07) is 17.5. The second-order valence-electron chi connectivity index (χ2n) is 9.53. The molecule has 0 bridgehead atoms. The number of benzene rings is 2. The van der Waals surface area contributed by atoms with Crippen molar-refractivity contribution in [3.05, 3.63) is 102 Å². The molecule has 216 valence electrons. The first-order chi connectivity index (χ1) is 20.9. The molecule has 1 unspecified atom stereocenters. The summed E-state index contributed by atoms with van der Waals surface area (Å²) in [5.41, 5.74) is 2.32. The van der Waals surface area contributed by atoms with Gasteiger partial charge in [0.05, 0.1) is 36.5 Å². The lowest BCUT2D eigenvalue weighted by Gasteiger charge is -2.19. The molecule has 0 fully saturated rings. The Kier molecular flexibility index (Phi) is 7.51. The molecule has 6 rings (SSSR count). The molecule has 3 N–H and O–H groups in total. The number of carbonyl (C=O) groups is 3. The van der Waals surface area contributed by atoms with Crippen LogP contribution in [0.1, 0.15) is 26.3 Å². The summed E-state index contributed by atoms with van der Waals surface area (Å²) in [4.78, 5) is 47.2. The van der Waals surface area contributed by atoms with Gasteiger partial charge in [-0.05, 0) is 30.3 Å². The number of halogens is 1. The number of imide groups is 1. The predicted octanol–water partition coefficient (Wildman–Crippen LogP) is 2.33. The first-order valence-corrected chi connectivity index (χ1v) is 13.1. The van der Waals surface area contributed by atoms with Gasteiger partial charge in [0.25, 0.3) is 11.8 Å². The number of aliphatic hydroxyl groups excluding tert-OH is 1. The van der Waals surface area contributed by atoms with Crippen molar-refractivity contribution in [2.24, 2.45) is 0 Å². The van der Waals surface area contributed by atoms with E-state index >= 15 is 0 Å². The highest BCUT2D eigenvalue weighted by molar-refractivity contribution is 6.21. The Labute approximate surface area is 243 Å². The van der Waals surface area contributed by atoms with Crippen LogP contribution in [0.3, 0.4) is 0 Å². The molecular weight excluding hydrogens is 559 g/mol. The van der Waals surface area contributed by atoms with Crippen molar-refractivity contribution in [3.8, 4) is 22.9 Å². The third kappa shape index (κ3) is 5.77. The van der Waals surface area contributed by atoms with E-state index in [1.807, 2.05) is 0 Å². The van der Waals surface area contributed by atoms with Crippen molar-refractivity contribution in [3.63, 3.8) is 0 Å². The average molecular weight is 583 g/mol. The van der Waals surface area contributed by atoms with E-state index in [0.717, 1.165) is 4.90 Å². The molecule has 0 saturated carbocycles. The number of β-amino-alcohol motifs (C(OH)–C–C–N with tert-alkyl or cyclic N) is 1. The summed E-state index contributed by atoms with van der Waals surface area (Å²) in [5, 5.41) is 24.1. The standard InChI is InChI=1S/C29H23FN8O5/c30-20-8-4-1-5-17(20)15-38-23(21-10-12-43-36-21)13-22(35-38)27-31-11-9-24(34-27)33-25(39)14-32-26(40)16-37-28(41)18-6-2-3-7-19(18)29(37)42/h1-13,26,32,40H,14-16H2,(H,31,33,34,39). The van der Waals surface area contributed by atoms with Crippen LogP contribution in [0.4, 0.5) is 10.2 Å². The molecule has 2 aromatic carbocycles. The van der Waals surface area contributed by atoms with Crippen LogP contribution >= 0.6 is 0 Å². The van der Waals surface area contributed by atoms with Gasteiger partial charge in [-0.15, -0.1) is 0 Å². The minimum absolute atomic E-state index is 0.111. The van der Waals surface area contributed by atoms with Gasteiger partial charge in [-0.2, -0.15) is 5.10 Å². The molecule has 5 aromatic rings. The van der Waals surface area contributed by atoms with Crippen LogP contribution in [-0.4, -0.2) is 72.0 Å². The summed E-state index contributed by atoms with van der Waals surface area (Å²) in [6.07, 6.45) is 1.50. The number of nitrogens with one attached hydrogen (secondary N) is 2. The summed E-state index contributed by atoms with van der Waals surface area (Å²) in [6.45, 7) is -0.558. The Bertz CT molecular complexity index is 1790. The maximum Gasteiger partial charge on any atom is 0.261 e. The molecular formula is C29H23FN8O5. The van der Waals surface area contributed by atoms with Gasteiger partial charge >= 0.3 is 0 Å². The van der Waals surface area contributed by atoms with Gasteiger partial charge in [-0.25, -0.2) is 14.4 Å². The van der Waals surface area contributed by atoms with Gasteiger partial charge < -0.3 is 14.9 Å². The van der Waals surface area contributed by atoms with E-state index in [1.165, 1.54) is 24.6 Å². The van der Waals surface area contributed by atoms with Crippen LogP contribution in [0.15, 0.2) is 83.7 Å². The number of hydrogen-bond donors (Lipinski definition) is 3. The molecule has 43 heavy (non-hydrogen) atoms. The smallest absolute Gasteiger partial charge is 0.261 e. The molecule has 0 spiro atoms. The van der Waals surface area contributed by atoms with E-state index in [4.69, 9.17) is 4.52 Å². The van der Waals surface area contributed by atoms with E-state index in [9.17, 15) is 23.9 Å². The normalized spacial score (nSPS) is 13.3. The number of amides is 3. The summed E-state index contributed by atoms with van der Waals surface area (Å²) in [7, 11) is 0. The molecule has 13 nitrogen and oxygen atoms in total. The highest BCUT2D eigenvalue weighted by Crippen LogP contribution is 2.26. The highest BCUT2D eigenvalue weighted by Gasteiger charge is 2.36. The Hall–Kier alpha value is -5.60. The molecule has 3 aromatic heterocycles. The first-order valence-electron chi connectivity index (χ1n) is 13.1.